The molecule has 1 aromatic heterocycles. The van der Waals surface area contributed by atoms with Crippen LogP contribution in [0.25, 0.3) is 0 Å². The van der Waals surface area contributed by atoms with E-state index in [0.29, 0.717) is 18.2 Å². The molecule has 124 valence electrons. The van der Waals surface area contributed by atoms with Crippen molar-refractivity contribution in [3.63, 3.8) is 0 Å². The molecular weight excluding hydrogens is 288 g/mol. The minimum Gasteiger partial charge on any atom is -0.349 e. The van der Waals surface area contributed by atoms with E-state index in [0.717, 1.165) is 25.2 Å². The van der Waals surface area contributed by atoms with E-state index in [1.165, 1.54) is 5.56 Å². The molecule has 2 N–H and O–H groups in total. The van der Waals surface area contributed by atoms with Crippen LogP contribution in [0.2, 0.25) is 0 Å². The van der Waals surface area contributed by atoms with Crippen molar-refractivity contribution in [2.24, 2.45) is 5.92 Å². The zero-order valence-electron chi connectivity index (χ0n) is 14.2. The Labute approximate surface area is 138 Å². The van der Waals surface area contributed by atoms with Crippen molar-refractivity contribution in [2.45, 2.75) is 26.8 Å². The van der Waals surface area contributed by atoms with Crippen LogP contribution in [0.4, 0.5) is 0 Å². The molecule has 0 fully saturated rings. The Kier molecular flexibility index (Phi) is 6.35. The van der Waals surface area contributed by atoms with Gasteiger partial charge in [-0.25, -0.2) is 0 Å². The molecule has 2 aromatic rings. The number of likely N-dealkylation sites (N-methyl/N-ethyl adjacent to an activating group) is 1. The number of benzene rings is 1. The first-order valence-electron chi connectivity index (χ1n) is 8.09. The number of carbonyl (C=O) groups excluding carboxylic acids is 1. The average Bonchev–Trinajstić information content (AvgIpc) is 2.96. The van der Waals surface area contributed by atoms with Gasteiger partial charge < -0.3 is 10.2 Å². The topological polar surface area (TPSA) is 61.0 Å². The normalized spacial score (nSPS) is 11.2. The molecule has 5 nitrogen and oxygen atoms in total. The number of rotatable bonds is 8. The summed E-state index contributed by atoms with van der Waals surface area (Å²) >= 11 is 0. The predicted octanol–water partition coefficient (Wildman–Crippen LogP) is 2.47. The summed E-state index contributed by atoms with van der Waals surface area (Å²) in [6.45, 7) is 6.56. The Morgan fingerprint density at radius 3 is 2.74 bits per heavy atom. The Morgan fingerprint density at radius 1 is 1.30 bits per heavy atom. The molecule has 1 heterocycles. The van der Waals surface area contributed by atoms with Crippen molar-refractivity contribution in [2.75, 3.05) is 20.1 Å². The van der Waals surface area contributed by atoms with Crippen molar-refractivity contribution in [1.29, 1.82) is 0 Å². The fourth-order valence-electron chi connectivity index (χ4n) is 2.45. The minimum absolute atomic E-state index is 0.121. The van der Waals surface area contributed by atoms with Crippen molar-refractivity contribution >= 4 is 5.91 Å². The molecule has 1 aromatic carbocycles. The second-order valence-electron chi connectivity index (χ2n) is 6.36. The summed E-state index contributed by atoms with van der Waals surface area (Å²) in [5.74, 6) is 0.419. The van der Waals surface area contributed by atoms with Gasteiger partial charge in [0.15, 0.2) is 0 Å². The van der Waals surface area contributed by atoms with E-state index in [2.05, 4.69) is 53.4 Å². The summed E-state index contributed by atoms with van der Waals surface area (Å²) in [6, 6.07) is 12.1. The van der Waals surface area contributed by atoms with Crippen LogP contribution in [-0.2, 0) is 13.0 Å². The zero-order chi connectivity index (χ0) is 16.7. The summed E-state index contributed by atoms with van der Waals surface area (Å²) in [5.41, 5.74) is 2.74. The highest BCUT2D eigenvalue weighted by atomic mass is 16.1. The molecule has 0 radical (unpaired) electrons. The van der Waals surface area contributed by atoms with Gasteiger partial charge in [-0.3, -0.25) is 9.89 Å². The molecule has 23 heavy (non-hydrogen) atoms. The summed E-state index contributed by atoms with van der Waals surface area (Å²) in [4.78, 5) is 14.3. The lowest BCUT2D eigenvalue weighted by Gasteiger charge is -2.16. The maximum Gasteiger partial charge on any atom is 0.271 e. The highest BCUT2D eigenvalue weighted by molar-refractivity contribution is 5.92. The molecule has 0 aliphatic rings. The molecule has 0 aliphatic heterocycles. The fraction of sp³-hybridized carbons (Fsp3) is 0.444. The van der Waals surface area contributed by atoms with Gasteiger partial charge >= 0.3 is 0 Å². The number of aromatic nitrogens is 2. The van der Waals surface area contributed by atoms with Gasteiger partial charge in [0, 0.05) is 25.3 Å². The predicted molar refractivity (Wildman–Crippen MR) is 92.2 cm³/mol. The maximum absolute atomic E-state index is 12.1. The standard InChI is InChI=1S/C18H26N4O/c1-14(2)11-16-12-17(21-20-16)18(23)19-9-10-22(3)13-15-7-5-4-6-8-15/h4-8,12,14H,9-11,13H2,1-3H3,(H,19,23)(H,20,21). The molecular formula is C18H26N4O. The van der Waals surface area contributed by atoms with Crippen molar-refractivity contribution in [3.8, 4) is 0 Å². The second-order valence-corrected chi connectivity index (χ2v) is 6.36. The second kappa shape index (κ2) is 8.48. The quantitative estimate of drug-likeness (QED) is 0.787. The monoisotopic (exact) mass is 314 g/mol. The Balaban J connectivity index is 1.73. The van der Waals surface area contributed by atoms with Crippen LogP contribution in [0.15, 0.2) is 36.4 Å². The molecule has 0 spiro atoms. The molecule has 0 saturated carbocycles. The van der Waals surface area contributed by atoms with Gasteiger partial charge in [0.2, 0.25) is 0 Å². The van der Waals surface area contributed by atoms with Crippen LogP contribution in [0, 0.1) is 5.92 Å². The lowest BCUT2D eigenvalue weighted by Crippen LogP contribution is -2.32. The van der Waals surface area contributed by atoms with Crippen LogP contribution in [0.5, 0.6) is 0 Å². The van der Waals surface area contributed by atoms with Gasteiger partial charge in [-0.05, 0) is 31.0 Å². The Bertz CT molecular complexity index is 606. The first kappa shape index (κ1) is 17.2. The van der Waals surface area contributed by atoms with E-state index >= 15 is 0 Å². The van der Waals surface area contributed by atoms with Crippen LogP contribution >= 0.6 is 0 Å². The fourth-order valence-corrected chi connectivity index (χ4v) is 2.45. The van der Waals surface area contributed by atoms with E-state index < -0.39 is 0 Å². The molecule has 0 bridgehead atoms. The number of nitrogens with one attached hydrogen (secondary N) is 2. The lowest BCUT2D eigenvalue weighted by molar-refractivity contribution is 0.0944. The third-order valence-electron chi connectivity index (χ3n) is 3.57. The van der Waals surface area contributed by atoms with Crippen molar-refractivity contribution in [1.82, 2.24) is 20.4 Å². The van der Waals surface area contributed by atoms with E-state index in [1.807, 2.05) is 24.3 Å². The van der Waals surface area contributed by atoms with Crippen molar-refractivity contribution < 1.29 is 4.79 Å². The molecule has 0 saturated heterocycles. The highest BCUT2D eigenvalue weighted by Crippen LogP contribution is 2.06. The molecule has 0 aliphatic carbocycles. The van der Waals surface area contributed by atoms with E-state index in [9.17, 15) is 4.79 Å². The van der Waals surface area contributed by atoms with E-state index in [1.54, 1.807) is 0 Å². The molecule has 0 unspecified atom stereocenters. The third-order valence-corrected chi connectivity index (χ3v) is 3.57. The number of amides is 1. The third kappa shape index (κ3) is 5.87. The van der Waals surface area contributed by atoms with E-state index in [4.69, 9.17) is 0 Å². The summed E-state index contributed by atoms with van der Waals surface area (Å²) < 4.78 is 0. The lowest BCUT2D eigenvalue weighted by atomic mass is 10.1. The first-order chi connectivity index (χ1) is 11.0. The summed E-state index contributed by atoms with van der Waals surface area (Å²) in [7, 11) is 2.05. The van der Waals surface area contributed by atoms with Gasteiger partial charge in [0.1, 0.15) is 5.69 Å². The summed E-state index contributed by atoms with van der Waals surface area (Å²) in [6.07, 6.45) is 0.903. The number of H-pyrrole nitrogens is 1. The first-order valence-corrected chi connectivity index (χ1v) is 8.09. The number of aromatic amines is 1. The SMILES string of the molecule is CC(C)Cc1cc(C(=O)NCCN(C)Cc2ccccc2)n[nH]1. The number of hydrogen-bond donors (Lipinski definition) is 2. The number of carbonyl (C=O) groups is 1. The highest BCUT2D eigenvalue weighted by Gasteiger charge is 2.11. The largest absolute Gasteiger partial charge is 0.349 e. The van der Waals surface area contributed by atoms with Crippen LogP contribution in [0.3, 0.4) is 0 Å². The average molecular weight is 314 g/mol. The van der Waals surface area contributed by atoms with Crippen LogP contribution in [-0.4, -0.2) is 41.1 Å². The molecule has 5 heteroatoms. The molecule has 2 rings (SSSR count). The van der Waals surface area contributed by atoms with Crippen LogP contribution in [0.1, 0.15) is 35.6 Å². The Hall–Kier alpha value is -2.14. The van der Waals surface area contributed by atoms with Crippen LogP contribution < -0.4 is 5.32 Å². The Morgan fingerprint density at radius 2 is 2.04 bits per heavy atom. The van der Waals surface area contributed by atoms with E-state index in [-0.39, 0.29) is 5.91 Å². The summed E-state index contributed by atoms with van der Waals surface area (Å²) in [5, 5.41) is 9.93. The van der Waals surface area contributed by atoms with Gasteiger partial charge in [0.05, 0.1) is 0 Å². The van der Waals surface area contributed by atoms with Crippen molar-refractivity contribution in [3.05, 3.63) is 53.3 Å². The zero-order valence-corrected chi connectivity index (χ0v) is 14.2. The number of hydrogen-bond acceptors (Lipinski definition) is 3. The maximum atomic E-state index is 12.1. The smallest absolute Gasteiger partial charge is 0.271 e. The molecule has 1 amide bonds. The van der Waals surface area contributed by atoms with Gasteiger partial charge in [-0.15, -0.1) is 0 Å². The molecule has 0 atom stereocenters. The van der Waals surface area contributed by atoms with Gasteiger partial charge in [-0.1, -0.05) is 44.2 Å². The van der Waals surface area contributed by atoms with Gasteiger partial charge in [-0.2, -0.15) is 5.10 Å². The minimum atomic E-state index is -0.121. The van der Waals surface area contributed by atoms with Gasteiger partial charge in [0.25, 0.3) is 5.91 Å². The number of nitrogens with zero attached hydrogens (tertiary/aromatic N) is 2.